The van der Waals surface area contributed by atoms with Crippen molar-refractivity contribution in [3.8, 4) is 0 Å². The van der Waals surface area contributed by atoms with Gasteiger partial charge in [0, 0.05) is 15.9 Å². The highest BCUT2D eigenvalue weighted by atomic mass is 79.9. The van der Waals surface area contributed by atoms with Gasteiger partial charge in [0.05, 0.1) is 5.60 Å². The molecule has 0 spiro atoms. The fourth-order valence-electron chi connectivity index (χ4n) is 2.95. The summed E-state index contributed by atoms with van der Waals surface area (Å²) in [4.78, 5) is 0. The average Bonchev–Trinajstić information content (AvgIpc) is 2.28. The maximum atomic E-state index is 10.9. The highest BCUT2D eigenvalue weighted by Crippen LogP contribution is 2.40. The van der Waals surface area contributed by atoms with Crippen LogP contribution < -0.4 is 0 Å². The van der Waals surface area contributed by atoms with Crippen molar-refractivity contribution < 1.29 is 5.11 Å². The Morgan fingerprint density at radius 2 is 2.11 bits per heavy atom. The molecule has 0 radical (unpaired) electrons. The number of hydrogen-bond acceptors (Lipinski definition) is 1. The van der Waals surface area contributed by atoms with E-state index in [9.17, 15) is 5.11 Å². The van der Waals surface area contributed by atoms with Gasteiger partial charge in [0.2, 0.25) is 0 Å². The van der Waals surface area contributed by atoms with Gasteiger partial charge in [-0.25, -0.2) is 0 Å². The molecule has 3 unspecified atom stereocenters. The van der Waals surface area contributed by atoms with Crippen LogP contribution in [-0.2, 0) is 6.42 Å². The lowest BCUT2D eigenvalue weighted by Gasteiger charge is -2.41. The molecule has 1 aromatic carbocycles. The van der Waals surface area contributed by atoms with E-state index in [0.717, 1.165) is 27.9 Å². The lowest BCUT2D eigenvalue weighted by molar-refractivity contribution is -0.0560. The summed E-state index contributed by atoms with van der Waals surface area (Å²) < 4.78 is 0.980. The fraction of sp³-hybridized carbons (Fsp3) is 0.600. The molecular formula is C15H20BrClO. The van der Waals surface area contributed by atoms with Gasteiger partial charge in [-0.3, -0.25) is 0 Å². The minimum Gasteiger partial charge on any atom is -0.389 e. The molecule has 100 valence electrons. The van der Waals surface area contributed by atoms with E-state index in [4.69, 9.17) is 11.6 Å². The Labute approximate surface area is 123 Å². The van der Waals surface area contributed by atoms with Crippen LogP contribution in [0, 0.1) is 11.8 Å². The van der Waals surface area contributed by atoms with Gasteiger partial charge in [-0.2, -0.15) is 0 Å². The van der Waals surface area contributed by atoms with Gasteiger partial charge in [-0.05, 0) is 42.4 Å². The molecule has 1 saturated carbocycles. The zero-order valence-corrected chi connectivity index (χ0v) is 13.3. The van der Waals surface area contributed by atoms with Gasteiger partial charge < -0.3 is 5.11 Å². The van der Waals surface area contributed by atoms with Crippen LogP contribution in [0.1, 0.15) is 38.7 Å². The second kappa shape index (κ2) is 5.52. The predicted molar refractivity (Wildman–Crippen MR) is 80.0 cm³/mol. The molecule has 1 aliphatic rings. The summed E-state index contributed by atoms with van der Waals surface area (Å²) in [5, 5.41) is 11.6. The Hall–Kier alpha value is -0.0500. The van der Waals surface area contributed by atoms with Crippen molar-refractivity contribution in [3.05, 3.63) is 33.3 Å². The molecule has 0 aromatic heterocycles. The van der Waals surface area contributed by atoms with Gasteiger partial charge in [0.1, 0.15) is 0 Å². The number of halogens is 2. The molecule has 2 rings (SSSR count). The molecule has 1 nitrogen and oxygen atoms in total. The van der Waals surface area contributed by atoms with E-state index in [1.54, 1.807) is 0 Å². The minimum absolute atomic E-state index is 0.341. The van der Waals surface area contributed by atoms with Crippen molar-refractivity contribution in [3.63, 3.8) is 0 Å². The molecule has 0 aliphatic heterocycles. The Kier molecular flexibility index (Phi) is 4.40. The van der Waals surface area contributed by atoms with Crippen LogP contribution in [-0.4, -0.2) is 10.7 Å². The van der Waals surface area contributed by atoms with Crippen LogP contribution in [0.2, 0.25) is 5.02 Å². The Morgan fingerprint density at radius 3 is 2.78 bits per heavy atom. The minimum atomic E-state index is -0.602. The first kappa shape index (κ1) is 14.4. The highest BCUT2D eigenvalue weighted by Gasteiger charge is 2.39. The molecule has 0 saturated heterocycles. The van der Waals surface area contributed by atoms with E-state index in [-0.39, 0.29) is 0 Å². The van der Waals surface area contributed by atoms with E-state index in [1.807, 2.05) is 18.2 Å². The van der Waals surface area contributed by atoms with Crippen molar-refractivity contribution in [2.75, 3.05) is 0 Å². The van der Waals surface area contributed by atoms with Crippen LogP contribution in [0.4, 0.5) is 0 Å². The van der Waals surface area contributed by atoms with Gasteiger partial charge in [0.25, 0.3) is 0 Å². The maximum absolute atomic E-state index is 10.9. The third-order valence-electron chi connectivity index (χ3n) is 4.22. The molecule has 18 heavy (non-hydrogen) atoms. The number of rotatable bonds is 2. The molecule has 1 N–H and O–H groups in total. The molecule has 3 heteroatoms. The molecule has 0 heterocycles. The van der Waals surface area contributed by atoms with E-state index in [0.29, 0.717) is 18.3 Å². The summed E-state index contributed by atoms with van der Waals surface area (Å²) in [6.45, 7) is 4.37. The van der Waals surface area contributed by atoms with E-state index in [1.165, 1.54) is 6.42 Å². The first-order valence-electron chi connectivity index (χ1n) is 6.57. The molecule has 1 aromatic rings. The summed E-state index contributed by atoms with van der Waals surface area (Å²) in [5.41, 5.74) is 0.443. The molecule has 1 fully saturated rings. The SMILES string of the molecule is CC1CCC(C)C(O)(Cc2ccc(Br)cc2Cl)C1. The van der Waals surface area contributed by atoms with Crippen molar-refractivity contribution in [2.45, 2.75) is 45.1 Å². The van der Waals surface area contributed by atoms with Gasteiger partial charge in [-0.1, -0.05) is 53.9 Å². The van der Waals surface area contributed by atoms with E-state index < -0.39 is 5.60 Å². The van der Waals surface area contributed by atoms with Crippen molar-refractivity contribution in [1.82, 2.24) is 0 Å². The Morgan fingerprint density at radius 1 is 1.39 bits per heavy atom. The third-order valence-corrected chi connectivity index (χ3v) is 5.07. The maximum Gasteiger partial charge on any atom is 0.0716 e. The highest BCUT2D eigenvalue weighted by molar-refractivity contribution is 9.10. The van der Waals surface area contributed by atoms with Crippen molar-refractivity contribution >= 4 is 27.5 Å². The normalized spacial score (nSPS) is 32.5. The number of aliphatic hydroxyl groups is 1. The molecular weight excluding hydrogens is 312 g/mol. The van der Waals surface area contributed by atoms with Gasteiger partial charge in [0.15, 0.2) is 0 Å². The smallest absolute Gasteiger partial charge is 0.0716 e. The molecule has 1 aliphatic carbocycles. The van der Waals surface area contributed by atoms with Crippen LogP contribution in [0.5, 0.6) is 0 Å². The average molecular weight is 332 g/mol. The van der Waals surface area contributed by atoms with Crippen LogP contribution in [0.3, 0.4) is 0 Å². The second-order valence-electron chi connectivity index (χ2n) is 5.80. The summed E-state index contributed by atoms with van der Waals surface area (Å²) in [6.07, 6.45) is 3.86. The zero-order chi connectivity index (χ0) is 13.3. The number of hydrogen-bond donors (Lipinski definition) is 1. The van der Waals surface area contributed by atoms with E-state index >= 15 is 0 Å². The quantitative estimate of drug-likeness (QED) is 0.822. The Bertz CT molecular complexity index is 435. The predicted octanol–water partition coefficient (Wildman–Crippen LogP) is 4.83. The monoisotopic (exact) mass is 330 g/mol. The lowest BCUT2D eigenvalue weighted by atomic mass is 9.69. The topological polar surface area (TPSA) is 20.2 Å². The standard InChI is InChI=1S/C15H20BrClO/c1-10-3-4-11(2)15(18,8-10)9-12-5-6-13(16)7-14(12)17/h5-7,10-11,18H,3-4,8-9H2,1-2H3. The summed E-state index contributed by atoms with van der Waals surface area (Å²) >= 11 is 9.66. The van der Waals surface area contributed by atoms with Crippen LogP contribution in [0.15, 0.2) is 22.7 Å². The largest absolute Gasteiger partial charge is 0.389 e. The van der Waals surface area contributed by atoms with Crippen molar-refractivity contribution in [1.29, 1.82) is 0 Å². The van der Waals surface area contributed by atoms with Crippen LogP contribution >= 0.6 is 27.5 Å². The molecule has 0 bridgehead atoms. The summed E-state index contributed by atoms with van der Waals surface area (Å²) in [5.74, 6) is 0.939. The van der Waals surface area contributed by atoms with Gasteiger partial charge >= 0.3 is 0 Å². The first-order chi connectivity index (χ1) is 8.40. The van der Waals surface area contributed by atoms with Crippen molar-refractivity contribution in [2.24, 2.45) is 11.8 Å². The molecule has 3 atom stereocenters. The van der Waals surface area contributed by atoms with Crippen LogP contribution in [0.25, 0.3) is 0 Å². The lowest BCUT2D eigenvalue weighted by Crippen LogP contribution is -2.43. The zero-order valence-electron chi connectivity index (χ0n) is 10.9. The first-order valence-corrected chi connectivity index (χ1v) is 7.74. The third kappa shape index (κ3) is 3.09. The summed E-state index contributed by atoms with van der Waals surface area (Å²) in [6, 6.07) is 5.90. The number of benzene rings is 1. The second-order valence-corrected chi connectivity index (χ2v) is 7.13. The molecule has 0 amide bonds. The Balaban J connectivity index is 2.20. The fourth-order valence-corrected chi connectivity index (χ4v) is 3.69. The van der Waals surface area contributed by atoms with Gasteiger partial charge in [-0.15, -0.1) is 0 Å². The summed E-state index contributed by atoms with van der Waals surface area (Å²) in [7, 11) is 0. The van der Waals surface area contributed by atoms with E-state index in [2.05, 4.69) is 29.8 Å².